The van der Waals surface area contributed by atoms with Crippen LogP contribution in [0.5, 0.6) is 5.75 Å². The summed E-state index contributed by atoms with van der Waals surface area (Å²) in [6.07, 6.45) is 1.95. The van der Waals surface area contributed by atoms with E-state index in [0.717, 1.165) is 25.5 Å². The molecule has 106 valence electrons. The van der Waals surface area contributed by atoms with E-state index in [4.69, 9.17) is 4.74 Å². The van der Waals surface area contributed by atoms with Crippen LogP contribution in [0.4, 0.5) is 8.78 Å². The summed E-state index contributed by atoms with van der Waals surface area (Å²) < 4.78 is 31.9. The van der Waals surface area contributed by atoms with Crippen molar-refractivity contribution in [3.05, 3.63) is 29.8 Å². The predicted octanol–water partition coefficient (Wildman–Crippen LogP) is 3.51. The Labute approximate surface area is 113 Å². The fraction of sp³-hybridized carbons (Fsp3) is 0.600. The number of rotatable bonds is 5. The first-order chi connectivity index (χ1) is 8.93. The summed E-state index contributed by atoms with van der Waals surface area (Å²) in [7, 11) is 0. The van der Waals surface area contributed by atoms with Crippen LogP contribution in [0, 0.1) is 17.0 Å². The standard InChI is InChI=1S/C15H21F2NO/c1-4-5-18-13-9-14(15(13,2)3)19-12-7-10(16)6-11(17)8-12/h6-8,13-14,18H,4-5,9H2,1-3H3. The fourth-order valence-corrected chi connectivity index (χ4v) is 2.51. The lowest BCUT2D eigenvalue weighted by Crippen LogP contribution is -2.62. The van der Waals surface area contributed by atoms with Crippen LogP contribution in [0.2, 0.25) is 0 Å². The molecule has 1 aromatic rings. The average molecular weight is 269 g/mol. The van der Waals surface area contributed by atoms with Gasteiger partial charge in [0.2, 0.25) is 0 Å². The van der Waals surface area contributed by atoms with Gasteiger partial charge in [-0.15, -0.1) is 0 Å². The molecule has 2 nitrogen and oxygen atoms in total. The number of hydrogen-bond acceptors (Lipinski definition) is 2. The van der Waals surface area contributed by atoms with Crippen LogP contribution >= 0.6 is 0 Å². The van der Waals surface area contributed by atoms with E-state index in [1.165, 1.54) is 12.1 Å². The van der Waals surface area contributed by atoms with E-state index in [0.29, 0.717) is 6.04 Å². The van der Waals surface area contributed by atoms with Crippen molar-refractivity contribution in [2.24, 2.45) is 5.41 Å². The second-order valence-electron chi connectivity index (χ2n) is 5.78. The zero-order valence-electron chi connectivity index (χ0n) is 11.7. The highest BCUT2D eigenvalue weighted by molar-refractivity contribution is 5.25. The quantitative estimate of drug-likeness (QED) is 0.883. The molecule has 0 radical (unpaired) electrons. The molecule has 1 fully saturated rings. The smallest absolute Gasteiger partial charge is 0.129 e. The molecule has 19 heavy (non-hydrogen) atoms. The minimum absolute atomic E-state index is 0.0111. The van der Waals surface area contributed by atoms with Gasteiger partial charge < -0.3 is 10.1 Å². The summed E-state index contributed by atoms with van der Waals surface area (Å²) in [6.45, 7) is 7.34. The molecule has 4 heteroatoms. The lowest BCUT2D eigenvalue weighted by Gasteiger charge is -2.51. The molecule has 0 spiro atoms. The second kappa shape index (κ2) is 5.45. The maximum atomic E-state index is 13.1. The molecular weight excluding hydrogens is 248 g/mol. The van der Waals surface area contributed by atoms with E-state index in [9.17, 15) is 8.78 Å². The normalized spacial score (nSPS) is 24.9. The van der Waals surface area contributed by atoms with E-state index in [-0.39, 0.29) is 17.3 Å². The first-order valence-electron chi connectivity index (χ1n) is 6.79. The monoisotopic (exact) mass is 269 g/mol. The van der Waals surface area contributed by atoms with Gasteiger partial charge in [-0.2, -0.15) is 0 Å². The molecule has 0 heterocycles. The Hall–Kier alpha value is -1.16. The first-order valence-corrected chi connectivity index (χ1v) is 6.79. The SMILES string of the molecule is CCCNC1CC(Oc2cc(F)cc(F)c2)C1(C)C. The van der Waals surface area contributed by atoms with Crippen LogP contribution in [0.25, 0.3) is 0 Å². The maximum absolute atomic E-state index is 13.1. The number of hydrogen-bond donors (Lipinski definition) is 1. The van der Waals surface area contributed by atoms with E-state index < -0.39 is 11.6 Å². The topological polar surface area (TPSA) is 21.3 Å². The highest BCUT2D eigenvalue weighted by Gasteiger charge is 2.49. The molecular formula is C15H21F2NO. The lowest BCUT2D eigenvalue weighted by atomic mass is 9.64. The molecule has 2 atom stereocenters. The maximum Gasteiger partial charge on any atom is 0.129 e. The number of halogens is 2. The number of nitrogens with one attached hydrogen (secondary N) is 1. The molecule has 1 aliphatic carbocycles. The van der Waals surface area contributed by atoms with Crippen LogP contribution in [0.15, 0.2) is 18.2 Å². The highest BCUT2D eigenvalue weighted by Crippen LogP contribution is 2.43. The summed E-state index contributed by atoms with van der Waals surface area (Å²) in [4.78, 5) is 0. The van der Waals surface area contributed by atoms with Crippen molar-refractivity contribution in [3.63, 3.8) is 0 Å². The molecule has 0 bridgehead atoms. The van der Waals surface area contributed by atoms with Crippen molar-refractivity contribution in [1.29, 1.82) is 0 Å². The molecule has 1 N–H and O–H groups in total. The summed E-state index contributed by atoms with van der Waals surface area (Å²) >= 11 is 0. The molecule has 1 aliphatic rings. The van der Waals surface area contributed by atoms with Gasteiger partial charge in [-0.1, -0.05) is 20.8 Å². The van der Waals surface area contributed by atoms with Gasteiger partial charge in [-0.3, -0.25) is 0 Å². The minimum atomic E-state index is -0.604. The van der Waals surface area contributed by atoms with Crippen LogP contribution in [0.3, 0.4) is 0 Å². The van der Waals surface area contributed by atoms with Crippen molar-refractivity contribution in [3.8, 4) is 5.75 Å². The first kappa shape index (κ1) is 14.3. The van der Waals surface area contributed by atoms with Crippen molar-refractivity contribution < 1.29 is 13.5 Å². The third kappa shape index (κ3) is 3.06. The van der Waals surface area contributed by atoms with E-state index in [2.05, 4.69) is 26.1 Å². The van der Waals surface area contributed by atoms with Gasteiger partial charge in [-0.25, -0.2) is 8.78 Å². The number of ether oxygens (including phenoxy) is 1. The molecule has 0 amide bonds. The Balaban J connectivity index is 1.98. The summed E-state index contributed by atoms with van der Waals surface area (Å²) in [5.74, 6) is -0.940. The lowest BCUT2D eigenvalue weighted by molar-refractivity contribution is -0.0548. The van der Waals surface area contributed by atoms with E-state index >= 15 is 0 Å². The zero-order valence-corrected chi connectivity index (χ0v) is 11.7. The molecule has 1 saturated carbocycles. The highest BCUT2D eigenvalue weighted by atomic mass is 19.1. The zero-order chi connectivity index (χ0) is 14.0. The van der Waals surface area contributed by atoms with Gasteiger partial charge in [0.1, 0.15) is 23.5 Å². The molecule has 1 aromatic carbocycles. The van der Waals surface area contributed by atoms with E-state index in [1.54, 1.807) is 0 Å². The third-order valence-corrected chi connectivity index (χ3v) is 3.93. The van der Waals surface area contributed by atoms with Crippen LogP contribution in [-0.4, -0.2) is 18.7 Å². The second-order valence-corrected chi connectivity index (χ2v) is 5.78. The Morgan fingerprint density at radius 1 is 1.26 bits per heavy atom. The fourth-order valence-electron chi connectivity index (χ4n) is 2.51. The van der Waals surface area contributed by atoms with Gasteiger partial charge in [-0.05, 0) is 13.0 Å². The largest absolute Gasteiger partial charge is 0.490 e. The average Bonchev–Trinajstić information content (AvgIpc) is 2.31. The summed E-state index contributed by atoms with van der Waals surface area (Å²) in [5, 5.41) is 3.47. The molecule has 0 aliphatic heterocycles. The molecule has 0 saturated heterocycles. The predicted molar refractivity (Wildman–Crippen MR) is 71.3 cm³/mol. The number of benzene rings is 1. The van der Waals surface area contributed by atoms with Crippen LogP contribution < -0.4 is 10.1 Å². The van der Waals surface area contributed by atoms with Gasteiger partial charge in [0.25, 0.3) is 0 Å². The van der Waals surface area contributed by atoms with E-state index in [1.807, 2.05) is 0 Å². The van der Waals surface area contributed by atoms with Gasteiger partial charge in [0.05, 0.1) is 0 Å². The van der Waals surface area contributed by atoms with Crippen LogP contribution in [0.1, 0.15) is 33.6 Å². The minimum Gasteiger partial charge on any atom is -0.490 e. The van der Waals surface area contributed by atoms with Gasteiger partial charge in [0, 0.05) is 36.1 Å². The Bertz CT molecular complexity index is 428. The van der Waals surface area contributed by atoms with Crippen LogP contribution in [-0.2, 0) is 0 Å². The van der Waals surface area contributed by atoms with Crippen molar-refractivity contribution >= 4 is 0 Å². The van der Waals surface area contributed by atoms with Gasteiger partial charge >= 0.3 is 0 Å². The Morgan fingerprint density at radius 3 is 2.42 bits per heavy atom. The Morgan fingerprint density at radius 2 is 1.89 bits per heavy atom. The third-order valence-electron chi connectivity index (χ3n) is 3.93. The van der Waals surface area contributed by atoms with Gasteiger partial charge in [0.15, 0.2) is 0 Å². The molecule has 2 unspecified atom stereocenters. The van der Waals surface area contributed by atoms with Crippen molar-refractivity contribution in [2.45, 2.75) is 45.8 Å². The van der Waals surface area contributed by atoms with Crippen molar-refractivity contribution in [1.82, 2.24) is 5.32 Å². The Kier molecular flexibility index (Phi) is 4.09. The molecule has 2 rings (SSSR count). The molecule has 0 aromatic heterocycles. The summed E-state index contributed by atoms with van der Waals surface area (Å²) in [5.41, 5.74) is -0.0298. The van der Waals surface area contributed by atoms with Crippen molar-refractivity contribution in [2.75, 3.05) is 6.54 Å². The summed E-state index contributed by atoms with van der Waals surface area (Å²) in [6, 6.07) is 3.71.